The predicted octanol–water partition coefficient (Wildman–Crippen LogP) is 1.12. The second kappa shape index (κ2) is 5.52. The molecule has 0 aromatic heterocycles. The number of hydrogen-bond acceptors (Lipinski definition) is 3. The number of nitrogens with two attached hydrogens (primary N) is 1. The van der Waals surface area contributed by atoms with Gasteiger partial charge in [0.15, 0.2) is 5.79 Å². The molecule has 0 aliphatic heterocycles. The van der Waals surface area contributed by atoms with Crippen molar-refractivity contribution in [1.29, 1.82) is 0 Å². The Morgan fingerprint density at radius 1 is 1.09 bits per heavy atom. The van der Waals surface area contributed by atoms with Gasteiger partial charge in [-0.15, -0.1) is 0 Å². The molecule has 2 N–H and O–H groups in total. The lowest BCUT2D eigenvalue weighted by Crippen LogP contribution is -2.43. The van der Waals surface area contributed by atoms with Gasteiger partial charge >= 0.3 is 0 Å². The van der Waals surface area contributed by atoms with Crippen LogP contribution in [0.3, 0.4) is 0 Å². The normalized spacial score (nSPS) is 12.0. The molecule has 0 atom stereocenters. The maximum Gasteiger partial charge on any atom is 0.180 e. The molecule has 0 aliphatic rings. The summed E-state index contributed by atoms with van der Waals surface area (Å²) in [5.41, 5.74) is 5.54. The van der Waals surface area contributed by atoms with E-state index in [0.717, 1.165) is 6.42 Å². The first-order valence-electron chi connectivity index (χ1n) is 4.22. The molecule has 0 rings (SSSR count). The van der Waals surface area contributed by atoms with Crippen molar-refractivity contribution in [2.24, 2.45) is 5.73 Å². The number of hydrogen-bond donors (Lipinski definition) is 1. The van der Waals surface area contributed by atoms with Crippen molar-refractivity contribution in [3.05, 3.63) is 0 Å². The van der Waals surface area contributed by atoms with E-state index in [9.17, 15) is 0 Å². The van der Waals surface area contributed by atoms with E-state index < -0.39 is 5.79 Å². The van der Waals surface area contributed by atoms with Crippen LogP contribution in [0.5, 0.6) is 0 Å². The highest BCUT2D eigenvalue weighted by Gasteiger charge is 2.26. The Balaban J connectivity index is 3.96. The zero-order valence-electron chi connectivity index (χ0n) is 7.72. The molecule has 0 heterocycles. The summed E-state index contributed by atoms with van der Waals surface area (Å²) in [5, 5.41) is 0. The average molecular weight is 161 g/mol. The summed E-state index contributed by atoms with van der Waals surface area (Å²) < 4.78 is 10.8. The van der Waals surface area contributed by atoms with E-state index in [2.05, 4.69) is 0 Å². The lowest BCUT2D eigenvalue weighted by Gasteiger charge is -2.30. The smallest absolute Gasteiger partial charge is 0.180 e. The maximum absolute atomic E-state index is 5.54. The predicted molar refractivity (Wildman–Crippen MR) is 45.3 cm³/mol. The molecule has 0 spiro atoms. The van der Waals surface area contributed by atoms with Gasteiger partial charge in [-0.2, -0.15) is 0 Å². The van der Waals surface area contributed by atoms with Gasteiger partial charge in [-0.05, 0) is 20.3 Å². The van der Waals surface area contributed by atoms with Crippen LogP contribution in [-0.4, -0.2) is 25.5 Å². The Morgan fingerprint density at radius 2 is 1.55 bits per heavy atom. The molecule has 0 saturated carbocycles. The molecule has 0 amide bonds. The third-order valence-electron chi connectivity index (χ3n) is 1.66. The maximum atomic E-state index is 5.54. The van der Waals surface area contributed by atoms with Crippen LogP contribution in [0.15, 0.2) is 0 Å². The fraction of sp³-hybridized carbons (Fsp3) is 1.00. The van der Waals surface area contributed by atoms with Crippen LogP contribution in [0, 0.1) is 0 Å². The van der Waals surface area contributed by atoms with Gasteiger partial charge in [-0.25, -0.2) is 0 Å². The van der Waals surface area contributed by atoms with E-state index in [1.165, 1.54) is 0 Å². The molecular formula is C8H19NO2. The highest BCUT2D eigenvalue weighted by molar-refractivity contribution is 4.68. The van der Waals surface area contributed by atoms with Crippen molar-refractivity contribution in [2.45, 2.75) is 33.0 Å². The molecule has 0 saturated heterocycles. The number of ether oxygens (including phenoxy) is 2. The van der Waals surface area contributed by atoms with Crippen molar-refractivity contribution < 1.29 is 9.47 Å². The first kappa shape index (κ1) is 10.9. The van der Waals surface area contributed by atoms with E-state index in [1.54, 1.807) is 0 Å². The van der Waals surface area contributed by atoms with Gasteiger partial charge in [0.25, 0.3) is 0 Å². The van der Waals surface area contributed by atoms with Crippen LogP contribution in [-0.2, 0) is 9.47 Å². The van der Waals surface area contributed by atoms with Gasteiger partial charge in [-0.3, -0.25) is 0 Å². The summed E-state index contributed by atoms with van der Waals surface area (Å²) in [5.74, 6) is -0.538. The highest BCUT2D eigenvalue weighted by Crippen LogP contribution is 2.15. The topological polar surface area (TPSA) is 44.5 Å². The molecule has 3 nitrogen and oxygen atoms in total. The van der Waals surface area contributed by atoms with Gasteiger partial charge < -0.3 is 15.2 Å². The third kappa shape index (κ3) is 3.18. The fourth-order valence-corrected chi connectivity index (χ4v) is 1.03. The van der Waals surface area contributed by atoms with Crippen molar-refractivity contribution in [3.8, 4) is 0 Å². The summed E-state index contributed by atoms with van der Waals surface area (Å²) in [6.07, 6.45) is 0.797. The standard InChI is InChI=1S/C8H19NO2/c1-4-8(7-9,10-5-2)11-6-3/h4-7,9H2,1-3H3. The first-order chi connectivity index (χ1) is 5.24. The molecule has 68 valence electrons. The van der Waals surface area contributed by atoms with Crippen molar-refractivity contribution >= 4 is 0 Å². The monoisotopic (exact) mass is 161 g/mol. The van der Waals surface area contributed by atoms with E-state index in [0.29, 0.717) is 19.8 Å². The van der Waals surface area contributed by atoms with Crippen LogP contribution in [0.2, 0.25) is 0 Å². The molecule has 0 aliphatic carbocycles. The first-order valence-corrected chi connectivity index (χ1v) is 4.22. The minimum Gasteiger partial charge on any atom is -0.349 e. The van der Waals surface area contributed by atoms with Gasteiger partial charge in [0.2, 0.25) is 0 Å². The van der Waals surface area contributed by atoms with E-state index in [4.69, 9.17) is 15.2 Å². The molecular weight excluding hydrogens is 142 g/mol. The van der Waals surface area contributed by atoms with Crippen molar-refractivity contribution in [1.82, 2.24) is 0 Å². The summed E-state index contributed by atoms with van der Waals surface area (Å²) >= 11 is 0. The Hall–Kier alpha value is -0.120. The quantitative estimate of drug-likeness (QED) is 0.594. The third-order valence-corrected chi connectivity index (χ3v) is 1.66. The largest absolute Gasteiger partial charge is 0.349 e. The second-order valence-electron chi connectivity index (χ2n) is 2.33. The number of rotatable bonds is 6. The Kier molecular flexibility index (Phi) is 5.46. The van der Waals surface area contributed by atoms with Crippen LogP contribution < -0.4 is 5.73 Å². The SMILES string of the molecule is CCOC(CC)(CN)OCC. The summed E-state index contributed by atoms with van der Waals surface area (Å²) in [6.45, 7) is 7.61. The zero-order valence-corrected chi connectivity index (χ0v) is 7.72. The Labute approximate surface area is 68.9 Å². The fourth-order valence-electron chi connectivity index (χ4n) is 1.03. The molecule has 0 aromatic carbocycles. The summed E-state index contributed by atoms with van der Waals surface area (Å²) in [6, 6.07) is 0. The lowest BCUT2D eigenvalue weighted by atomic mass is 10.2. The molecule has 11 heavy (non-hydrogen) atoms. The zero-order chi connectivity index (χ0) is 8.74. The Morgan fingerprint density at radius 3 is 1.73 bits per heavy atom. The molecule has 0 radical (unpaired) electrons. The minimum absolute atomic E-state index is 0.422. The van der Waals surface area contributed by atoms with Crippen molar-refractivity contribution in [2.75, 3.05) is 19.8 Å². The summed E-state index contributed by atoms with van der Waals surface area (Å²) in [7, 11) is 0. The second-order valence-corrected chi connectivity index (χ2v) is 2.33. The summed E-state index contributed by atoms with van der Waals surface area (Å²) in [4.78, 5) is 0. The van der Waals surface area contributed by atoms with E-state index >= 15 is 0 Å². The van der Waals surface area contributed by atoms with Crippen LogP contribution >= 0.6 is 0 Å². The van der Waals surface area contributed by atoms with Crippen LogP contribution in [0.25, 0.3) is 0 Å². The Bertz CT molecular complexity index is 84.1. The van der Waals surface area contributed by atoms with Crippen molar-refractivity contribution in [3.63, 3.8) is 0 Å². The van der Waals surface area contributed by atoms with Gasteiger partial charge in [0.05, 0.1) is 0 Å². The lowest BCUT2D eigenvalue weighted by molar-refractivity contribution is -0.227. The highest BCUT2D eigenvalue weighted by atomic mass is 16.7. The van der Waals surface area contributed by atoms with Gasteiger partial charge in [0, 0.05) is 19.8 Å². The molecule has 0 unspecified atom stereocenters. The molecule has 0 bridgehead atoms. The van der Waals surface area contributed by atoms with Gasteiger partial charge in [0.1, 0.15) is 0 Å². The average Bonchev–Trinajstić information content (AvgIpc) is 2.04. The van der Waals surface area contributed by atoms with Crippen LogP contribution in [0.4, 0.5) is 0 Å². The molecule has 0 fully saturated rings. The van der Waals surface area contributed by atoms with Crippen LogP contribution in [0.1, 0.15) is 27.2 Å². The molecule has 3 heteroatoms. The van der Waals surface area contributed by atoms with E-state index in [-0.39, 0.29) is 0 Å². The minimum atomic E-state index is -0.538. The van der Waals surface area contributed by atoms with E-state index in [1.807, 2.05) is 20.8 Å². The molecule has 0 aromatic rings. The van der Waals surface area contributed by atoms with Gasteiger partial charge in [-0.1, -0.05) is 6.92 Å².